The lowest BCUT2D eigenvalue weighted by Gasteiger charge is -2.20. The standard InChI is InChI=1S/C33H29FN6O/c34-24-9-6-21(7-10-24)28-18-36-19-31-26(28)15-30(38-31)33-27-14-22(8-11-29(27)39-40-33)23-13-25(17-35-16-23)37-32(41)12-20-4-2-1-3-5-20/h6-11,13-20,38H,1-5,12H2,(H,37,41)(H,39,40). The second kappa shape index (κ2) is 10.6. The number of carbonyl (C=O) groups excluding carboxylic acids is 1. The molecule has 41 heavy (non-hydrogen) atoms. The molecule has 0 atom stereocenters. The molecule has 6 aromatic rings. The molecule has 0 bridgehead atoms. The van der Waals surface area contributed by atoms with E-state index in [0.717, 1.165) is 68.3 Å². The van der Waals surface area contributed by atoms with Gasteiger partial charge in [-0.3, -0.25) is 19.9 Å². The summed E-state index contributed by atoms with van der Waals surface area (Å²) < 4.78 is 13.5. The van der Waals surface area contributed by atoms with E-state index in [4.69, 9.17) is 0 Å². The minimum atomic E-state index is -0.273. The van der Waals surface area contributed by atoms with Gasteiger partial charge in [0.15, 0.2) is 0 Å². The number of anilines is 1. The molecule has 204 valence electrons. The van der Waals surface area contributed by atoms with Gasteiger partial charge in [0.2, 0.25) is 5.91 Å². The summed E-state index contributed by atoms with van der Waals surface area (Å²) in [4.78, 5) is 25.0. The number of hydrogen-bond donors (Lipinski definition) is 3. The van der Waals surface area contributed by atoms with Gasteiger partial charge in [-0.2, -0.15) is 5.10 Å². The van der Waals surface area contributed by atoms with E-state index >= 15 is 0 Å². The highest BCUT2D eigenvalue weighted by molar-refractivity contribution is 6.01. The lowest BCUT2D eigenvalue weighted by Crippen LogP contribution is -2.18. The van der Waals surface area contributed by atoms with Gasteiger partial charge in [0, 0.05) is 40.7 Å². The fraction of sp³-hybridized carbons (Fsp3) is 0.212. The van der Waals surface area contributed by atoms with Crippen molar-refractivity contribution in [2.45, 2.75) is 38.5 Å². The fourth-order valence-corrected chi connectivity index (χ4v) is 5.97. The van der Waals surface area contributed by atoms with Crippen LogP contribution in [0.3, 0.4) is 0 Å². The van der Waals surface area contributed by atoms with Crippen LogP contribution in [0.25, 0.3) is 55.4 Å². The highest BCUT2D eigenvalue weighted by atomic mass is 19.1. The van der Waals surface area contributed by atoms with Crippen molar-refractivity contribution in [3.8, 4) is 33.6 Å². The van der Waals surface area contributed by atoms with Gasteiger partial charge < -0.3 is 10.3 Å². The summed E-state index contributed by atoms with van der Waals surface area (Å²) in [7, 11) is 0. The number of amides is 1. The zero-order chi connectivity index (χ0) is 27.8. The molecule has 0 aliphatic heterocycles. The molecule has 8 heteroatoms. The van der Waals surface area contributed by atoms with Crippen molar-refractivity contribution in [1.82, 2.24) is 25.1 Å². The first kappa shape index (κ1) is 25.1. The number of aromatic amines is 2. The average Bonchev–Trinajstić information content (AvgIpc) is 3.62. The zero-order valence-corrected chi connectivity index (χ0v) is 22.5. The summed E-state index contributed by atoms with van der Waals surface area (Å²) in [6.07, 6.45) is 13.6. The lowest BCUT2D eigenvalue weighted by atomic mass is 9.87. The molecule has 7 nitrogen and oxygen atoms in total. The van der Waals surface area contributed by atoms with Crippen LogP contribution in [0.15, 0.2) is 79.4 Å². The van der Waals surface area contributed by atoms with Crippen molar-refractivity contribution in [1.29, 1.82) is 0 Å². The Morgan fingerprint density at radius 2 is 1.63 bits per heavy atom. The number of aromatic nitrogens is 5. The second-order valence-corrected chi connectivity index (χ2v) is 10.9. The van der Waals surface area contributed by atoms with Crippen LogP contribution in [-0.2, 0) is 4.79 Å². The third kappa shape index (κ3) is 5.09. The molecule has 7 rings (SSSR count). The third-order valence-electron chi connectivity index (χ3n) is 8.07. The molecule has 1 saturated carbocycles. The van der Waals surface area contributed by atoms with E-state index in [0.29, 0.717) is 18.0 Å². The number of carbonyl (C=O) groups is 1. The van der Waals surface area contributed by atoms with Gasteiger partial charge in [-0.05, 0) is 66.3 Å². The number of fused-ring (bicyclic) bond motifs is 2. The summed E-state index contributed by atoms with van der Waals surface area (Å²) >= 11 is 0. The van der Waals surface area contributed by atoms with Crippen molar-refractivity contribution in [3.05, 3.63) is 85.2 Å². The molecule has 3 N–H and O–H groups in total. The molecule has 0 saturated heterocycles. The van der Waals surface area contributed by atoms with Gasteiger partial charge in [-0.15, -0.1) is 0 Å². The highest BCUT2D eigenvalue weighted by Crippen LogP contribution is 2.35. The molecule has 0 spiro atoms. The monoisotopic (exact) mass is 544 g/mol. The Balaban J connectivity index is 1.19. The van der Waals surface area contributed by atoms with E-state index in [1.165, 1.54) is 31.4 Å². The molecule has 0 unspecified atom stereocenters. The van der Waals surface area contributed by atoms with E-state index in [2.05, 4.69) is 42.6 Å². The molecule has 0 radical (unpaired) electrons. The minimum Gasteiger partial charge on any atom is -0.352 e. The molecule has 1 aliphatic carbocycles. The quantitative estimate of drug-likeness (QED) is 0.199. The van der Waals surface area contributed by atoms with Crippen molar-refractivity contribution < 1.29 is 9.18 Å². The summed E-state index contributed by atoms with van der Waals surface area (Å²) in [5.41, 5.74) is 7.80. The largest absolute Gasteiger partial charge is 0.352 e. The Morgan fingerprint density at radius 3 is 2.49 bits per heavy atom. The van der Waals surface area contributed by atoms with E-state index in [-0.39, 0.29) is 11.7 Å². The maximum Gasteiger partial charge on any atom is 0.224 e. The Kier molecular flexibility index (Phi) is 6.51. The summed E-state index contributed by atoms with van der Waals surface area (Å²) in [6.45, 7) is 0. The van der Waals surface area contributed by atoms with Crippen molar-refractivity contribution in [2.75, 3.05) is 5.32 Å². The topological polar surface area (TPSA) is 99.3 Å². The van der Waals surface area contributed by atoms with Crippen LogP contribution >= 0.6 is 0 Å². The Bertz CT molecular complexity index is 1870. The second-order valence-electron chi connectivity index (χ2n) is 10.9. The summed E-state index contributed by atoms with van der Waals surface area (Å²) in [5.74, 6) is 0.260. The van der Waals surface area contributed by atoms with Gasteiger partial charge in [0.1, 0.15) is 11.5 Å². The number of H-pyrrole nitrogens is 2. The normalized spacial score (nSPS) is 14.1. The molecule has 1 aliphatic rings. The predicted octanol–water partition coefficient (Wildman–Crippen LogP) is 7.88. The van der Waals surface area contributed by atoms with Crippen molar-refractivity contribution in [2.24, 2.45) is 5.92 Å². The van der Waals surface area contributed by atoms with Gasteiger partial charge in [0.05, 0.1) is 34.8 Å². The predicted molar refractivity (Wildman–Crippen MR) is 160 cm³/mol. The maximum atomic E-state index is 13.5. The number of pyridine rings is 2. The first-order chi connectivity index (χ1) is 20.1. The zero-order valence-electron chi connectivity index (χ0n) is 22.5. The van der Waals surface area contributed by atoms with Crippen LogP contribution in [0.5, 0.6) is 0 Å². The number of rotatable bonds is 6. The first-order valence-electron chi connectivity index (χ1n) is 14.1. The molecule has 1 fully saturated rings. The van der Waals surface area contributed by atoms with E-state index in [1.807, 2.05) is 18.2 Å². The molecular weight excluding hydrogens is 515 g/mol. The van der Waals surface area contributed by atoms with Gasteiger partial charge in [0.25, 0.3) is 0 Å². The Hall–Kier alpha value is -4.85. The van der Waals surface area contributed by atoms with Crippen LogP contribution in [0.2, 0.25) is 0 Å². The highest BCUT2D eigenvalue weighted by Gasteiger charge is 2.18. The van der Waals surface area contributed by atoms with E-state index < -0.39 is 0 Å². The third-order valence-corrected chi connectivity index (χ3v) is 8.07. The van der Waals surface area contributed by atoms with Crippen LogP contribution in [-0.4, -0.2) is 31.1 Å². The lowest BCUT2D eigenvalue weighted by molar-refractivity contribution is -0.117. The maximum absolute atomic E-state index is 13.5. The van der Waals surface area contributed by atoms with Crippen LogP contribution in [0.1, 0.15) is 38.5 Å². The molecule has 4 heterocycles. The minimum absolute atomic E-state index is 0.0525. The number of nitrogens with zero attached hydrogens (tertiary/aromatic N) is 3. The van der Waals surface area contributed by atoms with Crippen molar-refractivity contribution >= 4 is 33.4 Å². The number of benzene rings is 2. The van der Waals surface area contributed by atoms with Crippen LogP contribution in [0, 0.1) is 11.7 Å². The van der Waals surface area contributed by atoms with Gasteiger partial charge in [-0.1, -0.05) is 37.5 Å². The molecular formula is C33H29FN6O. The number of halogens is 1. The Labute approximate surface area is 236 Å². The van der Waals surface area contributed by atoms with E-state index in [1.54, 1.807) is 36.9 Å². The fourth-order valence-electron chi connectivity index (χ4n) is 5.97. The average molecular weight is 545 g/mol. The molecule has 2 aromatic carbocycles. The van der Waals surface area contributed by atoms with E-state index in [9.17, 15) is 9.18 Å². The molecule has 1 amide bonds. The van der Waals surface area contributed by atoms with Crippen molar-refractivity contribution in [3.63, 3.8) is 0 Å². The van der Waals surface area contributed by atoms with Crippen LogP contribution < -0.4 is 5.32 Å². The summed E-state index contributed by atoms with van der Waals surface area (Å²) in [5, 5.41) is 12.8. The number of nitrogens with one attached hydrogen (secondary N) is 3. The first-order valence-corrected chi connectivity index (χ1v) is 14.1. The SMILES string of the molecule is O=C(CC1CCCCC1)Nc1cncc(-c2ccc3[nH]nc(-c4cc5c(-c6ccc(F)cc6)cncc5[nH]4)c3c2)c1. The number of hydrogen-bond acceptors (Lipinski definition) is 4. The van der Waals surface area contributed by atoms with Crippen LogP contribution in [0.4, 0.5) is 10.1 Å². The Morgan fingerprint density at radius 1 is 0.829 bits per heavy atom. The van der Waals surface area contributed by atoms with Gasteiger partial charge >= 0.3 is 0 Å². The summed E-state index contributed by atoms with van der Waals surface area (Å²) in [6, 6.07) is 16.6. The smallest absolute Gasteiger partial charge is 0.224 e. The van der Waals surface area contributed by atoms with Gasteiger partial charge in [-0.25, -0.2) is 4.39 Å². The molecule has 4 aromatic heterocycles.